The molecule has 1 atom stereocenters. The first-order valence-corrected chi connectivity index (χ1v) is 12.6. The maximum atomic E-state index is 13.6. The van der Waals surface area contributed by atoms with Crippen LogP contribution < -0.4 is 10.1 Å². The predicted molar refractivity (Wildman–Crippen MR) is 144 cm³/mol. The lowest BCUT2D eigenvalue weighted by Gasteiger charge is -2.31. The lowest BCUT2D eigenvalue weighted by molar-refractivity contribution is -0.142. The van der Waals surface area contributed by atoms with Crippen LogP contribution in [0, 0.1) is 13.8 Å². The molecular weight excluding hydrogens is 551 g/mol. The third-order valence-corrected chi connectivity index (χ3v) is 7.64. The standard InChI is InChI=1S/C27H27BrCl2N2O3/c1-17-12-20(13-18(2)26(17)28)35-16-25(33)32(15-21-22(29)10-7-11-23(21)30)24(27(34)31-3)14-19-8-5-4-6-9-19/h4-13,24H,14-16H2,1-3H3,(H,31,34)/t24-/m1/s1. The van der Waals surface area contributed by atoms with Crippen LogP contribution in [0.3, 0.4) is 0 Å². The van der Waals surface area contributed by atoms with E-state index in [1.165, 1.54) is 4.90 Å². The van der Waals surface area contributed by atoms with Crippen molar-refractivity contribution in [2.24, 2.45) is 0 Å². The molecule has 3 rings (SSSR count). The van der Waals surface area contributed by atoms with Gasteiger partial charge < -0.3 is 15.0 Å². The van der Waals surface area contributed by atoms with Crippen molar-refractivity contribution in [2.75, 3.05) is 13.7 Å². The number of nitrogens with one attached hydrogen (secondary N) is 1. The highest BCUT2D eigenvalue weighted by Crippen LogP contribution is 2.28. The molecule has 35 heavy (non-hydrogen) atoms. The van der Waals surface area contributed by atoms with Gasteiger partial charge in [-0.3, -0.25) is 9.59 Å². The molecule has 0 radical (unpaired) electrons. The van der Waals surface area contributed by atoms with Gasteiger partial charge in [-0.1, -0.05) is 75.5 Å². The molecule has 1 N–H and O–H groups in total. The first-order valence-electron chi connectivity index (χ1n) is 11.1. The van der Waals surface area contributed by atoms with Crippen molar-refractivity contribution in [3.8, 4) is 5.75 Å². The zero-order chi connectivity index (χ0) is 25.5. The van der Waals surface area contributed by atoms with Gasteiger partial charge in [0.1, 0.15) is 11.8 Å². The Morgan fingerprint density at radius 2 is 1.60 bits per heavy atom. The Morgan fingerprint density at radius 1 is 1.00 bits per heavy atom. The van der Waals surface area contributed by atoms with Crippen LogP contribution in [0.15, 0.2) is 65.1 Å². The summed E-state index contributed by atoms with van der Waals surface area (Å²) in [7, 11) is 1.55. The fourth-order valence-electron chi connectivity index (χ4n) is 3.79. The molecule has 0 bridgehead atoms. The van der Waals surface area contributed by atoms with Crippen molar-refractivity contribution < 1.29 is 14.3 Å². The fourth-order valence-corrected chi connectivity index (χ4v) is 4.54. The monoisotopic (exact) mass is 576 g/mol. The van der Waals surface area contributed by atoms with Crippen LogP contribution in [-0.2, 0) is 22.6 Å². The molecule has 8 heteroatoms. The molecule has 0 saturated carbocycles. The Kier molecular flexibility index (Phi) is 9.61. The average Bonchev–Trinajstić information content (AvgIpc) is 2.84. The Labute approximate surface area is 224 Å². The van der Waals surface area contributed by atoms with Crippen LogP contribution in [0.2, 0.25) is 10.0 Å². The van der Waals surface area contributed by atoms with Crippen molar-refractivity contribution in [2.45, 2.75) is 32.9 Å². The van der Waals surface area contributed by atoms with E-state index < -0.39 is 6.04 Å². The largest absolute Gasteiger partial charge is 0.484 e. The van der Waals surface area contributed by atoms with E-state index in [0.29, 0.717) is 27.8 Å². The number of halogens is 3. The van der Waals surface area contributed by atoms with Crippen molar-refractivity contribution >= 4 is 50.9 Å². The van der Waals surface area contributed by atoms with E-state index in [-0.39, 0.29) is 25.0 Å². The smallest absolute Gasteiger partial charge is 0.261 e. The van der Waals surface area contributed by atoms with Gasteiger partial charge in [0.2, 0.25) is 5.91 Å². The van der Waals surface area contributed by atoms with Crippen molar-refractivity contribution in [3.63, 3.8) is 0 Å². The summed E-state index contributed by atoms with van der Waals surface area (Å²) in [4.78, 5) is 28.0. The van der Waals surface area contributed by atoms with Crippen LogP contribution in [0.1, 0.15) is 22.3 Å². The number of carbonyl (C=O) groups is 2. The topological polar surface area (TPSA) is 58.6 Å². The SMILES string of the molecule is CNC(=O)[C@@H](Cc1ccccc1)N(Cc1c(Cl)cccc1Cl)C(=O)COc1cc(C)c(Br)c(C)c1. The summed E-state index contributed by atoms with van der Waals surface area (Å²) >= 11 is 16.4. The highest BCUT2D eigenvalue weighted by Gasteiger charge is 2.31. The number of hydrogen-bond donors (Lipinski definition) is 1. The van der Waals surface area contributed by atoms with Gasteiger partial charge in [0.25, 0.3) is 5.91 Å². The van der Waals surface area contributed by atoms with Gasteiger partial charge in [0.15, 0.2) is 6.61 Å². The van der Waals surface area contributed by atoms with Crippen LogP contribution >= 0.6 is 39.1 Å². The number of benzene rings is 3. The minimum Gasteiger partial charge on any atom is -0.484 e. The van der Waals surface area contributed by atoms with Crippen LogP contribution in [-0.4, -0.2) is 36.4 Å². The van der Waals surface area contributed by atoms with Gasteiger partial charge in [0, 0.05) is 40.1 Å². The molecule has 2 amide bonds. The first kappa shape index (κ1) is 27.1. The summed E-state index contributed by atoms with van der Waals surface area (Å²) in [6.45, 7) is 3.73. The van der Waals surface area contributed by atoms with Crippen LogP contribution in [0.4, 0.5) is 0 Å². The average molecular weight is 578 g/mol. The normalized spacial score (nSPS) is 11.6. The van der Waals surface area contributed by atoms with E-state index >= 15 is 0 Å². The summed E-state index contributed by atoms with van der Waals surface area (Å²) in [6.07, 6.45) is 0.324. The number of hydrogen-bond acceptors (Lipinski definition) is 3. The summed E-state index contributed by atoms with van der Waals surface area (Å²) in [5.41, 5.74) is 3.49. The fraction of sp³-hybridized carbons (Fsp3) is 0.259. The summed E-state index contributed by atoms with van der Waals surface area (Å²) < 4.78 is 6.86. The second-order valence-electron chi connectivity index (χ2n) is 8.20. The van der Waals surface area contributed by atoms with Gasteiger partial charge in [-0.15, -0.1) is 0 Å². The minimum absolute atomic E-state index is 0.0595. The molecule has 0 fully saturated rings. The number of aryl methyl sites for hydroxylation is 2. The molecular formula is C27H27BrCl2N2O3. The van der Waals surface area contributed by atoms with E-state index in [2.05, 4.69) is 21.2 Å². The molecule has 0 aliphatic heterocycles. The molecule has 5 nitrogen and oxygen atoms in total. The lowest BCUT2D eigenvalue weighted by Crippen LogP contribution is -2.51. The molecule has 0 aliphatic rings. The molecule has 0 heterocycles. The molecule has 3 aromatic rings. The quantitative estimate of drug-likeness (QED) is 0.332. The van der Waals surface area contributed by atoms with E-state index in [0.717, 1.165) is 21.2 Å². The number of carbonyl (C=O) groups excluding carboxylic acids is 2. The Morgan fingerprint density at radius 3 is 2.17 bits per heavy atom. The maximum Gasteiger partial charge on any atom is 0.261 e. The van der Waals surface area contributed by atoms with E-state index in [1.807, 2.05) is 56.3 Å². The van der Waals surface area contributed by atoms with E-state index in [4.69, 9.17) is 27.9 Å². The molecule has 0 aromatic heterocycles. The number of rotatable bonds is 9. The van der Waals surface area contributed by atoms with Gasteiger partial charge in [-0.2, -0.15) is 0 Å². The summed E-state index contributed by atoms with van der Waals surface area (Å²) in [5.74, 6) is -0.0729. The molecule has 0 spiro atoms. The summed E-state index contributed by atoms with van der Waals surface area (Å²) in [5, 5.41) is 3.53. The second kappa shape index (κ2) is 12.4. The molecule has 0 unspecified atom stereocenters. The predicted octanol–water partition coefficient (Wildman–Crippen LogP) is 6.14. The molecule has 0 aliphatic carbocycles. The van der Waals surface area contributed by atoms with Gasteiger partial charge >= 0.3 is 0 Å². The van der Waals surface area contributed by atoms with Crippen LogP contribution in [0.25, 0.3) is 0 Å². The second-order valence-corrected chi connectivity index (χ2v) is 9.81. The Hall–Kier alpha value is -2.54. The third-order valence-electron chi connectivity index (χ3n) is 5.68. The Balaban J connectivity index is 1.93. The number of nitrogens with zero attached hydrogens (tertiary/aromatic N) is 1. The molecule has 184 valence electrons. The lowest BCUT2D eigenvalue weighted by atomic mass is 10.0. The third kappa shape index (κ3) is 7.00. The van der Waals surface area contributed by atoms with Gasteiger partial charge in [-0.25, -0.2) is 0 Å². The highest BCUT2D eigenvalue weighted by molar-refractivity contribution is 9.10. The van der Waals surface area contributed by atoms with E-state index in [1.54, 1.807) is 25.2 Å². The highest BCUT2D eigenvalue weighted by atomic mass is 79.9. The maximum absolute atomic E-state index is 13.6. The molecule has 3 aromatic carbocycles. The number of amides is 2. The Bertz CT molecular complexity index is 1160. The van der Waals surface area contributed by atoms with E-state index in [9.17, 15) is 9.59 Å². The number of likely N-dealkylation sites (N-methyl/N-ethyl adjacent to an activating group) is 1. The van der Waals surface area contributed by atoms with Gasteiger partial charge in [-0.05, 0) is 54.8 Å². The number of ether oxygens (including phenoxy) is 1. The van der Waals surface area contributed by atoms with Crippen LogP contribution in [0.5, 0.6) is 5.75 Å². The van der Waals surface area contributed by atoms with Crippen molar-refractivity contribution in [1.82, 2.24) is 10.2 Å². The van der Waals surface area contributed by atoms with Crippen molar-refractivity contribution in [1.29, 1.82) is 0 Å². The van der Waals surface area contributed by atoms with Crippen molar-refractivity contribution in [3.05, 3.63) is 97.4 Å². The minimum atomic E-state index is -0.792. The summed E-state index contributed by atoms with van der Waals surface area (Å²) in [6, 6.07) is 17.6. The zero-order valence-electron chi connectivity index (χ0n) is 19.8. The van der Waals surface area contributed by atoms with Gasteiger partial charge in [0.05, 0.1) is 0 Å². The molecule has 0 saturated heterocycles. The zero-order valence-corrected chi connectivity index (χ0v) is 22.9. The first-order chi connectivity index (χ1) is 16.7.